The first-order valence-corrected chi connectivity index (χ1v) is 11.4. The number of benzene rings is 2. The van der Waals surface area contributed by atoms with Gasteiger partial charge >= 0.3 is 5.97 Å². The molecule has 2 heterocycles. The molecule has 1 atom stereocenters. The van der Waals surface area contributed by atoms with Crippen LogP contribution in [0.4, 0.5) is 5.13 Å². The highest BCUT2D eigenvalue weighted by molar-refractivity contribution is 7.17. The first kappa shape index (κ1) is 23.9. The van der Waals surface area contributed by atoms with Gasteiger partial charge in [0, 0.05) is 0 Å². The molecule has 0 saturated carbocycles. The first-order valence-electron chi connectivity index (χ1n) is 10.6. The van der Waals surface area contributed by atoms with Gasteiger partial charge in [0.1, 0.15) is 10.6 Å². The summed E-state index contributed by atoms with van der Waals surface area (Å²) >= 11 is 0.949. The number of ether oxygens (including phenoxy) is 2. The van der Waals surface area contributed by atoms with Crippen molar-refractivity contribution >= 4 is 40.2 Å². The van der Waals surface area contributed by atoms with Crippen molar-refractivity contribution in [2.45, 2.75) is 13.0 Å². The van der Waals surface area contributed by atoms with Gasteiger partial charge in [-0.1, -0.05) is 59.9 Å². The van der Waals surface area contributed by atoms with E-state index in [9.17, 15) is 19.5 Å². The van der Waals surface area contributed by atoms with E-state index >= 15 is 0 Å². The summed E-state index contributed by atoms with van der Waals surface area (Å²) in [5.41, 5.74) is 1.60. The Kier molecular flexibility index (Phi) is 6.79. The summed E-state index contributed by atoms with van der Waals surface area (Å²) < 4.78 is 10.1. The van der Waals surface area contributed by atoms with E-state index in [1.54, 1.807) is 37.3 Å². The number of methoxy groups -OCH3 is 2. The van der Waals surface area contributed by atoms with Crippen molar-refractivity contribution in [2.24, 2.45) is 0 Å². The molecule has 1 aliphatic rings. The number of aryl methyl sites for hydroxylation is 1. The zero-order valence-electron chi connectivity index (χ0n) is 19.2. The van der Waals surface area contributed by atoms with E-state index in [1.165, 1.54) is 25.2 Å². The largest absolute Gasteiger partial charge is 0.503 e. The molecule has 8 nitrogen and oxygen atoms in total. The number of hydrogen-bond acceptors (Lipinski definition) is 8. The normalized spacial score (nSPS) is 15.7. The van der Waals surface area contributed by atoms with Crippen LogP contribution in [0.1, 0.15) is 32.5 Å². The molecule has 0 saturated heterocycles. The highest BCUT2D eigenvalue weighted by atomic mass is 32.1. The number of aromatic nitrogens is 1. The number of thiazole rings is 1. The quantitative estimate of drug-likeness (QED) is 0.386. The van der Waals surface area contributed by atoms with Crippen LogP contribution in [0.15, 0.2) is 72.0 Å². The van der Waals surface area contributed by atoms with Crippen molar-refractivity contribution in [1.82, 2.24) is 4.98 Å². The highest BCUT2D eigenvalue weighted by Crippen LogP contribution is 2.43. The van der Waals surface area contributed by atoms with Crippen LogP contribution in [0.2, 0.25) is 0 Å². The van der Waals surface area contributed by atoms with Crippen LogP contribution in [-0.2, 0) is 14.3 Å². The van der Waals surface area contributed by atoms with Gasteiger partial charge < -0.3 is 14.6 Å². The third-order valence-electron chi connectivity index (χ3n) is 5.47. The average Bonchev–Trinajstić information content (AvgIpc) is 3.39. The van der Waals surface area contributed by atoms with Crippen molar-refractivity contribution in [1.29, 1.82) is 0 Å². The van der Waals surface area contributed by atoms with Crippen LogP contribution < -0.4 is 9.64 Å². The zero-order valence-corrected chi connectivity index (χ0v) is 20.0. The predicted octanol–water partition coefficient (Wildman–Crippen LogP) is 4.43. The molecule has 35 heavy (non-hydrogen) atoms. The molecule has 0 bridgehead atoms. The Hall–Kier alpha value is -4.24. The zero-order chi connectivity index (χ0) is 25.1. The molecule has 0 radical (unpaired) electrons. The third-order valence-corrected chi connectivity index (χ3v) is 6.61. The first-order chi connectivity index (χ1) is 16.8. The Bertz CT molecular complexity index is 1360. The average molecular weight is 491 g/mol. The SMILES string of the molecule is COC(=O)c1sc(N2C(=O)C(O)=C(C(=O)/C=C/c3ccccc3)C2c2cccc(OC)c2)nc1C. The minimum absolute atomic E-state index is 0.0945. The molecular weight excluding hydrogens is 468 g/mol. The maximum absolute atomic E-state index is 13.3. The molecule has 0 spiro atoms. The summed E-state index contributed by atoms with van der Waals surface area (Å²) in [7, 11) is 2.76. The Balaban J connectivity index is 1.82. The number of aliphatic hydroxyl groups is 1. The number of ketones is 1. The number of carbonyl (C=O) groups is 3. The van der Waals surface area contributed by atoms with Crippen LogP contribution >= 0.6 is 11.3 Å². The smallest absolute Gasteiger partial charge is 0.350 e. The van der Waals surface area contributed by atoms with Crippen LogP contribution in [0.3, 0.4) is 0 Å². The molecule has 0 fully saturated rings. The second kappa shape index (κ2) is 9.94. The molecule has 3 aromatic rings. The molecular formula is C26H22N2O6S. The number of esters is 1. The molecule has 178 valence electrons. The van der Waals surface area contributed by atoms with Crippen molar-refractivity contribution in [3.8, 4) is 5.75 Å². The van der Waals surface area contributed by atoms with Crippen LogP contribution in [0.25, 0.3) is 6.08 Å². The Morgan fingerprint density at radius 3 is 2.54 bits per heavy atom. The minimum atomic E-state index is -0.985. The van der Waals surface area contributed by atoms with Gasteiger partial charge in [-0.3, -0.25) is 14.5 Å². The van der Waals surface area contributed by atoms with Gasteiger partial charge in [-0.25, -0.2) is 9.78 Å². The Morgan fingerprint density at radius 1 is 1.11 bits per heavy atom. The fraction of sp³-hybridized carbons (Fsp3) is 0.154. The summed E-state index contributed by atoms with van der Waals surface area (Å²) in [6.07, 6.45) is 2.93. The van der Waals surface area contributed by atoms with Crippen LogP contribution in [0.5, 0.6) is 5.75 Å². The van der Waals surface area contributed by atoms with Gasteiger partial charge in [-0.2, -0.15) is 0 Å². The number of anilines is 1. The van der Waals surface area contributed by atoms with E-state index in [4.69, 9.17) is 9.47 Å². The molecule has 1 amide bonds. The number of hydrogen-bond donors (Lipinski definition) is 1. The molecule has 1 aliphatic heterocycles. The van der Waals surface area contributed by atoms with Gasteiger partial charge in [-0.15, -0.1) is 0 Å². The van der Waals surface area contributed by atoms with Crippen molar-refractivity contribution in [2.75, 3.05) is 19.1 Å². The number of aliphatic hydroxyl groups excluding tert-OH is 1. The minimum Gasteiger partial charge on any atom is -0.503 e. The number of amides is 1. The van der Waals surface area contributed by atoms with E-state index < -0.39 is 29.5 Å². The monoisotopic (exact) mass is 490 g/mol. The molecule has 1 aromatic heterocycles. The maximum Gasteiger partial charge on any atom is 0.350 e. The van der Waals surface area contributed by atoms with Gasteiger partial charge in [0.2, 0.25) is 0 Å². The Labute approximate surface area is 205 Å². The molecule has 2 aromatic carbocycles. The lowest BCUT2D eigenvalue weighted by atomic mass is 9.95. The lowest BCUT2D eigenvalue weighted by molar-refractivity contribution is -0.117. The van der Waals surface area contributed by atoms with E-state index in [0.29, 0.717) is 17.0 Å². The van der Waals surface area contributed by atoms with Crippen molar-refractivity contribution in [3.05, 3.63) is 93.7 Å². The van der Waals surface area contributed by atoms with Crippen molar-refractivity contribution < 1.29 is 29.0 Å². The number of rotatable bonds is 7. The third kappa shape index (κ3) is 4.58. The van der Waals surface area contributed by atoms with E-state index in [2.05, 4.69) is 4.98 Å². The summed E-state index contributed by atoms with van der Waals surface area (Å²) in [4.78, 5) is 44.5. The summed E-state index contributed by atoms with van der Waals surface area (Å²) in [5.74, 6) is -2.07. The lowest BCUT2D eigenvalue weighted by Crippen LogP contribution is -2.30. The predicted molar refractivity (Wildman–Crippen MR) is 132 cm³/mol. The van der Waals surface area contributed by atoms with Gasteiger partial charge in [0.15, 0.2) is 16.7 Å². The van der Waals surface area contributed by atoms with Gasteiger partial charge in [0.05, 0.1) is 31.5 Å². The van der Waals surface area contributed by atoms with E-state index in [1.807, 2.05) is 30.3 Å². The molecule has 9 heteroatoms. The molecule has 4 rings (SSSR count). The summed E-state index contributed by atoms with van der Waals surface area (Å²) in [6.45, 7) is 1.62. The highest BCUT2D eigenvalue weighted by Gasteiger charge is 2.45. The van der Waals surface area contributed by atoms with Gasteiger partial charge in [0.25, 0.3) is 5.91 Å². The number of nitrogens with zero attached hydrogens (tertiary/aromatic N) is 2. The van der Waals surface area contributed by atoms with Crippen LogP contribution in [0, 0.1) is 6.92 Å². The lowest BCUT2D eigenvalue weighted by Gasteiger charge is -2.24. The number of allylic oxidation sites excluding steroid dienone is 1. The topological polar surface area (TPSA) is 106 Å². The maximum atomic E-state index is 13.3. The number of carbonyl (C=O) groups excluding carboxylic acids is 3. The fourth-order valence-corrected chi connectivity index (χ4v) is 4.79. The molecule has 1 N–H and O–H groups in total. The molecule has 1 unspecified atom stereocenters. The second-order valence-corrected chi connectivity index (χ2v) is 8.60. The summed E-state index contributed by atoms with van der Waals surface area (Å²) in [6, 6.07) is 15.1. The fourth-order valence-electron chi connectivity index (χ4n) is 3.77. The van der Waals surface area contributed by atoms with Crippen molar-refractivity contribution in [3.63, 3.8) is 0 Å². The standard InChI is InChI=1S/C26H22N2O6S/c1-15-23(25(32)34-3)35-26(27-15)28-21(17-10-7-11-18(14-17)33-2)20(22(30)24(28)31)19(29)13-12-16-8-5-4-6-9-16/h4-14,21,30H,1-3H3/b13-12+. The Morgan fingerprint density at radius 2 is 1.86 bits per heavy atom. The summed E-state index contributed by atoms with van der Waals surface area (Å²) in [5, 5.41) is 11.0. The molecule has 0 aliphatic carbocycles. The second-order valence-electron chi connectivity index (χ2n) is 7.63. The van der Waals surface area contributed by atoms with Gasteiger partial charge in [-0.05, 0) is 36.3 Å². The van der Waals surface area contributed by atoms with Crippen LogP contribution in [-0.4, -0.2) is 42.0 Å². The van der Waals surface area contributed by atoms with E-state index in [-0.39, 0.29) is 15.6 Å². The van der Waals surface area contributed by atoms with E-state index in [0.717, 1.165) is 16.9 Å².